The number of aromatic nitrogens is 1. The van der Waals surface area contributed by atoms with Crippen molar-refractivity contribution < 1.29 is 0 Å². The highest BCUT2D eigenvalue weighted by molar-refractivity contribution is 7.22. The fourth-order valence-corrected chi connectivity index (χ4v) is 4.80. The zero-order chi connectivity index (χ0) is 11.2. The van der Waals surface area contributed by atoms with E-state index in [2.05, 4.69) is 40.4 Å². The highest BCUT2D eigenvalue weighted by Crippen LogP contribution is 2.41. The van der Waals surface area contributed by atoms with Gasteiger partial charge in [0.25, 0.3) is 0 Å². The summed E-state index contributed by atoms with van der Waals surface area (Å²) in [5.41, 5.74) is 3.60. The second kappa shape index (κ2) is 3.63. The molecule has 0 bridgehead atoms. The van der Waals surface area contributed by atoms with Crippen LogP contribution in [-0.2, 0) is 0 Å². The van der Waals surface area contributed by atoms with E-state index in [1.165, 1.54) is 19.8 Å². The van der Waals surface area contributed by atoms with Gasteiger partial charge in [-0.2, -0.15) is 0 Å². The van der Waals surface area contributed by atoms with E-state index in [-0.39, 0.29) is 0 Å². The van der Waals surface area contributed by atoms with Gasteiger partial charge in [-0.25, -0.2) is 4.98 Å². The minimum Gasteiger partial charge on any atom is -0.246 e. The molecule has 17 heavy (non-hydrogen) atoms. The van der Waals surface area contributed by atoms with E-state index < -0.39 is 0 Å². The lowest BCUT2D eigenvalue weighted by atomic mass is 10.2. The predicted octanol–water partition coefficient (Wildman–Crippen LogP) is 5.24. The van der Waals surface area contributed by atoms with Crippen molar-refractivity contribution in [3.63, 3.8) is 0 Å². The first kappa shape index (κ1) is 9.76. The van der Waals surface area contributed by atoms with E-state index in [0.29, 0.717) is 0 Å². The zero-order valence-electron chi connectivity index (χ0n) is 8.71. The van der Waals surface area contributed by atoms with Crippen molar-refractivity contribution in [2.45, 2.75) is 0 Å². The van der Waals surface area contributed by atoms with Crippen LogP contribution in [0.5, 0.6) is 0 Å². The fourth-order valence-electron chi connectivity index (χ4n) is 2.03. The van der Waals surface area contributed by atoms with E-state index in [4.69, 9.17) is 4.98 Å². The summed E-state index contributed by atoms with van der Waals surface area (Å²) >= 11 is 5.36. The summed E-state index contributed by atoms with van der Waals surface area (Å²) in [7, 11) is 0. The predicted molar refractivity (Wildman–Crippen MR) is 78.3 cm³/mol. The summed E-state index contributed by atoms with van der Waals surface area (Å²) in [6.45, 7) is 0. The highest BCUT2D eigenvalue weighted by Gasteiger charge is 2.13. The molecule has 0 saturated heterocycles. The lowest BCUT2D eigenvalue weighted by Crippen LogP contribution is -1.79. The van der Waals surface area contributed by atoms with Crippen LogP contribution in [0.2, 0.25) is 0 Å². The minimum atomic E-state index is 1.12. The first-order valence-corrected chi connectivity index (χ1v) is 7.86. The maximum atomic E-state index is 4.69. The van der Waals surface area contributed by atoms with E-state index in [9.17, 15) is 0 Å². The lowest BCUT2D eigenvalue weighted by molar-refractivity contribution is 1.54. The van der Waals surface area contributed by atoms with Crippen LogP contribution >= 0.6 is 34.0 Å². The fraction of sp³-hybridized carbons (Fsp3) is 0. The molecule has 0 N–H and O–H groups in total. The number of rotatable bonds is 1. The summed E-state index contributed by atoms with van der Waals surface area (Å²) in [5, 5.41) is 6.38. The quantitative estimate of drug-likeness (QED) is 0.462. The van der Waals surface area contributed by atoms with Gasteiger partial charge in [-0.3, -0.25) is 0 Å². The molecule has 0 atom stereocenters. The molecule has 0 fully saturated rings. The number of hydrogen-bond acceptors (Lipinski definition) is 4. The van der Waals surface area contributed by atoms with Crippen LogP contribution in [0.1, 0.15) is 0 Å². The molecular formula is C13H7NS3. The summed E-state index contributed by atoms with van der Waals surface area (Å²) in [5.74, 6) is 0. The van der Waals surface area contributed by atoms with Gasteiger partial charge in [0.1, 0.15) is 0 Å². The Bertz CT molecular complexity index is 744. The molecule has 0 amide bonds. The molecule has 0 spiro atoms. The van der Waals surface area contributed by atoms with Crippen molar-refractivity contribution in [2.75, 3.05) is 0 Å². The molecule has 0 aliphatic rings. The van der Waals surface area contributed by atoms with E-state index in [1.54, 1.807) is 34.0 Å². The second-order valence-corrected chi connectivity index (χ2v) is 6.51. The van der Waals surface area contributed by atoms with Gasteiger partial charge in [0, 0.05) is 10.4 Å². The monoisotopic (exact) mass is 273 g/mol. The molecule has 0 saturated carbocycles. The van der Waals surface area contributed by atoms with Crippen molar-refractivity contribution in [1.82, 2.24) is 4.98 Å². The van der Waals surface area contributed by atoms with Crippen LogP contribution in [0.3, 0.4) is 0 Å². The molecule has 4 rings (SSSR count). The maximum absolute atomic E-state index is 4.69. The topological polar surface area (TPSA) is 12.9 Å². The lowest BCUT2D eigenvalue weighted by Gasteiger charge is -2.02. The van der Waals surface area contributed by atoms with Crippen LogP contribution < -0.4 is 0 Å². The van der Waals surface area contributed by atoms with E-state index in [0.717, 1.165) is 11.0 Å². The molecule has 0 radical (unpaired) electrons. The SMILES string of the molecule is c1csc(-c2c3sccc3nc3ccsc23)c1. The Hall–Kier alpha value is -1.23. The molecule has 4 aromatic heterocycles. The second-order valence-electron chi connectivity index (χ2n) is 3.73. The number of pyridine rings is 1. The Balaban J connectivity index is 2.27. The summed E-state index contributed by atoms with van der Waals surface area (Å²) < 4.78 is 2.62. The van der Waals surface area contributed by atoms with Crippen LogP contribution in [0.25, 0.3) is 30.9 Å². The largest absolute Gasteiger partial charge is 0.246 e. The van der Waals surface area contributed by atoms with Crippen LogP contribution in [0.4, 0.5) is 0 Å². The summed E-state index contributed by atoms with van der Waals surface area (Å²) in [6.07, 6.45) is 0. The van der Waals surface area contributed by atoms with Gasteiger partial charge in [-0.1, -0.05) is 6.07 Å². The van der Waals surface area contributed by atoms with Crippen LogP contribution in [-0.4, -0.2) is 4.98 Å². The highest BCUT2D eigenvalue weighted by atomic mass is 32.1. The molecule has 4 aromatic rings. The van der Waals surface area contributed by atoms with Crippen LogP contribution in [0.15, 0.2) is 40.4 Å². The normalized spacial score (nSPS) is 11.5. The Morgan fingerprint density at radius 3 is 2.06 bits per heavy atom. The molecule has 1 nitrogen and oxygen atoms in total. The third-order valence-corrected chi connectivity index (χ3v) is 5.48. The van der Waals surface area contributed by atoms with Gasteiger partial charge < -0.3 is 0 Å². The van der Waals surface area contributed by atoms with Gasteiger partial charge in [-0.15, -0.1) is 34.0 Å². The van der Waals surface area contributed by atoms with Gasteiger partial charge in [0.05, 0.1) is 20.4 Å². The number of hydrogen-bond donors (Lipinski definition) is 0. The van der Waals surface area contributed by atoms with E-state index >= 15 is 0 Å². The Morgan fingerprint density at radius 2 is 1.47 bits per heavy atom. The third kappa shape index (κ3) is 1.38. The number of nitrogens with zero attached hydrogens (tertiary/aromatic N) is 1. The molecule has 0 aliphatic carbocycles. The summed E-state index contributed by atoms with van der Waals surface area (Å²) in [4.78, 5) is 6.03. The Labute approximate surface area is 110 Å². The summed E-state index contributed by atoms with van der Waals surface area (Å²) in [6, 6.07) is 8.51. The molecule has 82 valence electrons. The molecule has 0 aliphatic heterocycles. The van der Waals surface area contributed by atoms with Crippen molar-refractivity contribution in [1.29, 1.82) is 0 Å². The standard InChI is InChI=1S/C13H7NS3/c1-2-10(15-5-1)11-12-8(3-6-16-12)14-9-4-7-17-13(9)11/h1-7H. The molecule has 0 aromatic carbocycles. The first-order chi connectivity index (χ1) is 8.43. The molecule has 0 unspecified atom stereocenters. The molecular weight excluding hydrogens is 266 g/mol. The Morgan fingerprint density at radius 1 is 0.765 bits per heavy atom. The van der Waals surface area contributed by atoms with Crippen LogP contribution in [0, 0.1) is 0 Å². The average Bonchev–Trinajstić information content (AvgIpc) is 3.06. The number of thiophene rings is 3. The van der Waals surface area contributed by atoms with Crippen molar-refractivity contribution in [2.24, 2.45) is 0 Å². The van der Waals surface area contributed by atoms with Crippen molar-refractivity contribution in [3.05, 3.63) is 40.4 Å². The average molecular weight is 273 g/mol. The van der Waals surface area contributed by atoms with Crippen molar-refractivity contribution >= 4 is 54.4 Å². The number of fused-ring (bicyclic) bond motifs is 2. The van der Waals surface area contributed by atoms with Gasteiger partial charge in [0.15, 0.2) is 0 Å². The Kier molecular flexibility index (Phi) is 2.09. The smallest absolute Gasteiger partial charge is 0.0824 e. The zero-order valence-corrected chi connectivity index (χ0v) is 11.2. The van der Waals surface area contributed by atoms with Gasteiger partial charge >= 0.3 is 0 Å². The third-order valence-electron chi connectivity index (χ3n) is 2.75. The molecule has 4 heteroatoms. The van der Waals surface area contributed by atoms with Gasteiger partial charge in [-0.05, 0) is 34.3 Å². The van der Waals surface area contributed by atoms with Crippen molar-refractivity contribution in [3.8, 4) is 10.4 Å². The van der Waals surface area contributed by atoms with Gasteiger partial charge in [0.2, 0.25) is 0 Å². The first-order valence-electron chi connectivity index (χ1n) is 5.22. The van der Waals surface area contributed by atoms with E-state index in [1.807, 2.05) is 0 Å². The minimum absolute atomic E-state index is 1.12. The molecule has 4 heterocycles. The maximum Gasteiger partial charge on any atom is 0.0824 e.